The number of aromatic nitrogens is 2. The van der Waals surface area contributed by atoms with Gasteiger partial charge in [-0.15, -0.1) is 0 Å². The zero-order valence-electron chi connectivity index (χ0n) is 19.5. The average molecular weight is 509 g/mol. The zero-order valence-corrected chi connectivity index (χ0v) is 19.5. The predicted octanol–water partition coefficient (Wildman–Crippen LogP) is 2.29. The normalized spacial score (nSPS) is 14.1. The number of carbonyl (C=O) groups is 4. The molecular formula is C24H20FN5O7. The highest BCUT2D eigenvalue weighted by Gasteiger charge is 2.35. The molecule has 3 aromatic rings. The number of aromatic amines is 1. The minimum Gasteiger partial charge on any atom is -0.465 e. The van der Waals surface area contributed by atoms with Crippen LogP contribution in [0.5, 0.6) is 0 Å². The van der Waals surface area contributed by atoms with Crippen LogP contribution in [0.25, 0.3) is 0 Å². The fourth-order valence-corrected chi connectivity index (χ4v) is 3.72. The van der Waals surface area contributed by atoms with E-state index < -0.39 is 41.0 Å². The summed E-state index contributed by atoms with van der Waals surface area (Å²) in [5.74, 6) is -4.67. The van der Waals surface area contributed by atoms with Crippen molar-refractivity contribution >= 4 is 46.9 Å². The monoisotopic (exact) mass is 509 g/mol. The van der Waals surface area contributed by atoms with E-state index in [0.29, 0.717) is 5.69 Å². The summed E-state index contributed by atoms with van der Waals surface area (Å²) in [6.45, 7) is 0. The van der Waals surface area contributed by atoms with Gasteiger partial charge in [-0.25, -0.2) is 14.0 Å². The summed E-state index contributed by atoms with van der Waals surface area (Å²) in [5, 5.41) is 7.80. The van der Waals surface area contributed by atoms with Crippen LogP contribution in [0.1, 0.15) is 38.6 Å². The second kappa shape index (κ2) is 10.3. The molecule has 0 spiro atoms. The third kappa shape index (κ3) is 5.45. The molecule has 1 aromatic heterocycles. The van der Waals surface area contributed by atoms with E-state index in [1.807, 2.05) is 0 Å². The Bertz CT molecular complexity index is 1440. The molecule has 2 amide bonds. The molecule has 0 fully saturated rings. The molecule has 4 N–H and O–H groups in total. The molecule has 190 valence electrons. The predicted molar refractivity (Wildman–Crippen MR) is 128 cm³/mol. The van der Waals surface area contributed by atoms with E-state index in [0.717, 1.165) is 14.2 Å². The number of hydrogen-bond donors (Lipinski definition) is 4. The molecule has 0 radical (unpaired) electrons. The maximum absolute atomic E-state index is 13.2. The van der Waals surface area contributed by atoms with Gasteiger partial charge in [-0.3, -0.25) is 19.4 Å². The summed E-state index contributed by atoms with van der Waals surface area (Å²) < 4.78 is 22.5. The van der Waals surface area contributed by atoms with Gasteiger partial charge in [0.1, 0.15) is 11.6 Å². The second-order valence-corrected chi connectivity index (χ2v) is 7.89. The van der Waals surface area contributed by atoms with E-state index in [4.69, 9.17) is 0 Å². The zero-order chi connectivity index (χ0) is 26.7. The lowest BCUT2D eigenvalue weighted by Gasteiger charge is -2.24. The van der Waals surface area contributed by atoms with Crippen molar-refractivity contribution in [3.8, 4) is 0 Å². The van der Waals surface area contributed by atoms with Crippen molar-refractivity contribution in [1.82, 2.24) is 9.97 Å². The lowest BCUT2D eigenvalue weighted by molar-refractivity contribution is -0.123. The van der Waals surface area contributed by atoms with Gasteiger partial charge in [0, 0.05) is 17.8 Å². The van der Waals surface area contributed by atoms with Gasteiger partial charge in [-0.05, 0) is 42.5 Å². The number of amides is 2. The standard InChI is InChI=1S/C24H20FN5O7/c1-36-22(34)11-7-12(23(35)37-2)9-15(8-11)26-20(32)16-10-17(31)28-19-18(16)21(33)30-24(29-19)27-14-5-3-13(25)4-6-14/h3-9,16H,10H2,1-2H3,(H,26,32)(H3,27,28,29,30,31,33). The number of fused-ring (bicyclic) bond motifs is 1. The van der Waals surface area contributed by atoms with Crippen LogP contribution in [-0.2, 0) is 19.1 Å². The molecule has 12 nitrogen and oxygen atoms in total. The van der Waals surface area contributed by atoms with Crippen molar-refractivity contribution in [3.63, 3.8) is 0 Å². The first-order chi connectivity index (χ1) is 17.7. The van der Waals surface area contributed by atoms with Crippen LogP contribution in [0.2, 0.25) is 0 Å². The molecule has 0 saturated carbocycles. The fourth-order valence-electron chi connectivity index (χ4n) is 3.72. The molecule has 1 aliphatic rings. The highest BCUT2D eigenvalue weighted by Crippen LogP contribution is 2.30. The van der Waals surface area contributed by atoms with E-state index in [2.05, 4.69) is 35.4 Å². The van der Waals surface area contributed by atoms with E-state index in [-0.39, 0.29) is 40.6 Å². The van der Waals surface area contributed by atoms with E-state index in [1.54, 1.807) is 0 Å². The van der Waals surface area contributed by atoms with Gasteiger partial charge in [-0.1, -0.05) is 0 Å². The van der Waals surface area contributed by atoms with E-state index >= 15 is 0 Å². The summed E-state index contributed by atoms with van der Waals surface area (Å²) in [5.41, 5.74) is -0.364. The number of anilines is 4. The second-order valence-electron chi connectivity index (χ2n) is 7.89. The van der Waals surface area contributed by atoms with Gasteiger partial charge < -0.3 is 25.4 Å². The summed E-state index contributed by atoms with van der Waals surface area (Å²) in [6, 6.07) is 9.06. The Kier molecular flexibility index (Phi) is 6.95. The van der Waals surface area contributed by atoms with Gasteiger partial charge in [0.2, 0.25) is 17.8 Å². The topological polar surface area (TPSA) is 169 Å². The molecule has 2 heterocycles. The molecule has 0 bridgehead atoms. The Labute approximate surface area is 208 Å². The first kappa shape index (κ1) is 25.0. The Morgan fingerprint density at radius 3 is 2.19 bits per heavy atom. The molecule has 0 aliphatic carbocycles. The fraction of sp³-hybridized carbons (Fsp3) is 0.167. The van der Waals surface area contributed by atoms with Crippen molar-refractivity contribution in [2.45, 2.75) is 12.3 Å². The third-order valence-corrected chi connectivity index (χ3v) is 5.42. The smallest absolute Gasteiger partial charge is 0.337 e. The molecular weight excluding hydrogens is 489 g/mol. The van der Waals surface area contributed by atoms with E-state index in [9.17, 15) is 28.4 Å². The lowest BCUT2D eigenvalue weighted by Crippen LogP contribution is -2.36. The number of rotatable bonds is 6. The Morgan fingerprint density at radius 2 is 1.59 bits per heavy atom. The lowest BCUT2D eigenvalue weighted by atomic mass is 9.92. The molecule has 1 unspecified atom stereocenters. The van der Waals surface area contributed by atoms with Crippen LogP contribution in [-0.4, -0.2) is 47.9 Å². The molecule has 1 atom stereocenters. The van der Waals surface area contributed by atoms with Gasteiger partial charge >= 0.3 is 11.9 Å². The van der Waals surface area contributed by atoms with Crippen molar-refractivity contribution in [2.75, 3.05) is 30.2 Å². The van der Waals surface area contributed by atoms with Crippen LogP contribution in [0.15, 0.2) is 47.3 Å². The van der Waals surface area contributed by atoms with Gasteiger partial charge in [0.05, 0.1) is 36.8 Å². The minimum atomic E-state index is -1.23. The summed E-state index contributed by atoms with van der Waals surface area (Å²) in [4.78, 5) is 69.2. The molecule has 1 aliphatic heterocycles. The van der Waals surface area contributed by atoms with Crippen LogP contribution < -0.4 is 21.5 Å². The Balaban J connectivity index is 1.65. The molecule has 2 aromatic carbocycles. The number of ether oxygens (including phenoxy) is 2. The number of benzene rings is 2. The first-order valence-electron chi connectivity index (χ1n) is 10.8. The first-order valence-corrected chi connectivity index (χ1v) is 10.8. The number of H-pyrrole nitrogens is 1. The number of halogens is 1. The number of methoxy groups -OCH3 is 2. The number of nitrogens with zero attached hydrogens (tertiary/aromatic N) is 1. The van der Waals surface area contributed by atoms with Crippen molar-refractivity contribution in [2.24, 2.45) is 0 Å². The van der Waals surface area contributed by atoms with Crippen molar-refractivity contribution in [3.05, 3.63) is 75.3 Å². The third-order valence-electron chi connectivity index (χ3n) is 5.42. The number of hydrogen-bond acceptors (Lipinski definition) is 9. The summed E-state index contributed by atoms with van der Waals surface area (Å²) >= 11 is 0. The maximum Gasteiger partial charge on any atom is 0.337 e. The average Bonchev–Trinajstić information content (AvgIpc) is 2.88. The summed E-state index contributed by atoms with van der Waals surface area (Å²) in [7, 11) is 2.31. The van der Waals surface area contributed by atoms with Crippen molar-refractivity contribution < 1.29 is 33.0 Å². The van der Waals surface area contributed by atoms with Gasteiger partial charge in [0.15, 0.2) is 0 Å². The Morgan fingerprint density at radius 1 is 0.973 bits per heavy atom. The highest BCUT2D eigenvalue weighted by molar-refractivity contribution is 6.05. The molecule has 0 saturated heterocycles. The van der Waals surface area contributed by atoms with Gasteiger partial charge in [-0.2, -0.15) is 4.98 Å². The summed E-state index contributed by atoms with van der Waals surface area (Å²) in [6.07, 6.45) is -0.352. The minimum absolute atomic E-state index is 0.0292. The van der Waals surface area contributed by atoms with Crippen molar-refractivity contribution in [1.29, 1.82) is 0 Å². The largest absolute Gasteiger partial charge is 0.465 e. The van der Waals surface area contributed by atoms with Gasteiger partial charge in [0.25, 0.3) is 5.56 Å². The molecule has 13 heteroatoms. The maximum atomic E-state index is 13.2. The number of carbonyl (C=O) groups excluding carboxylic acids is 4. The van der Waals surface area contributed by atoms with Crippen LogP contribution >= 0.6 is 0 Å². The highest BCUT2D eigenvalue weighted by atomic mass is 19.1. The van der Waals surface area contributed by atoms with Crippen LogP contribution in [0.3, 0.4) is 0 Å². The number of nitrogens with one attached hydrogen (secondary N) is 4. The van der Waals surface area contributed by atoms with Crippen LogP contribution in [0, 0.1) is 5.82 Å². The van der Waals surface area contributed by atoms with E-state index in [1.165, 1.54) is 42.5 Å². The molecule has 37 heavy (non-hydrogen) atoms. The number of esters is 2. The quantitative estimate of drug-likeness (QED) is 0.364. The molecule has 4 rings (SSSR count). The van der Waals surface area contributed by atoms with Crippen LogP contribution in [0.4, 0.5) is 27.5 Å². The Hall–Kier alpha value is -5.07. The SMILES string of the molecule is COC(=O)c1cc(NC(=O)C2CC(=O)Nc3nc(Nc4ccc(F)cc4)[nH]c(=O)c32)cc(C(=O)OC)c1.